The van der Waals surface area contributed by atoms with E-state index < -0.39 is 10.0 Å². The van der Waals surface area contributed by atoms with Crippen LogP contribution in [0.4, 0.5) is 0 Å². The Hall–Kier alpha value is -1.80. The van der Waals surface area contributed by atoms with Gasteiger partial charge in [-0.1, -0.05) is 0 Å². The molecule has 2 aliphatic rings. The van der Waals surface area contributed by atoms with Gasteiger partial charge in [0.25, 0.3) is 5.91 Å². The molecule has 3 rings (SSSR count). The highest BCUT2D eigenvalue weighted by Crippen LogP contribution is 2.31. The minimum absolute atomic E-state index is 0.0854. The molecule has 0 radical (unpaired) electrons. The number of benzene rings is 1. The van der Waals surface area contributed by atoms with Crippen LogP contribution in [0.25, 0.3) is 0 Å². The molecular weight excluding hydrogens is 308 g/mol. The Morgan fingerprint density at radius 3 is 2.73 bits per heavy atom. The van der Waals surface area contributed by atoms with E-state index in [-0.39, 0.29) is 17.6 Å². The lowest BCUT2D eigenvalue weighted by atomic mass is 10.1. The Labute approximate surface area is 129 Å². The van der Waals surface area contributed by atoms with Crippen molar-refractivity contribution in [1.29, 1.82) is 0 Å². The van der Waals surface area contributed by atoms with Gasteiger partial charge in [0.1, 0.15) is 13.2 Å². The van der Waals surface area contributed by atoms with Crippen molar-refractivity contribution in [2.75, 3.05) is 32.1 Å². The van der Waals surface area contributed by atoms with Crippen LogP contribution in [0.2, 0.25) is 0 Å². The highest BCUT2D eigenvalue weighted by atomic mass is 32.2. The predicted octanol–water partition coefficient (Wildman–Crippen LogP) is 0.208. The van der Waals surface area contributed by atoms with Gasteiger partial charge in [0, 0.05) is 18.7 Å². The van der Waals surface area contributed by atoms with E-state index in [1.54, 1.807) is 23.1 Å². The van der Waals surface area contributed by atoms with E-state index in [9.17, 15) is 13.2 Å². The van der Waals surface area contributed by atoms with Crippen LogP contribution in [-0.2, 0) is 10.0 Å². The van der Waals surface area contributed by atoms with Crippen molar-refractivity contribution in [2.24, 2.45) is 11.1 Å². The summed E-state index contributed by atoms with van der Waals surface area (Å²) in [5, 5.41) is 5.06. The summed E-state index contributed by atoms with van der Waals surface area (Å²) in [5.74, 6) is 0.886. The molecule has 22 heavy (non-hydrogen) atoms. The fourth-order valence-corrected chi connectivity index (χ4v) is 3.77. The lowest BCUT2D eigenvalue weighted by molar-refractivity contribution is 0.0787. The second-order valence-corrected chi connectivity index (χ2v) is 7.25. The van der Waals surface area contributed by atoms with E-state index in [0.29, 0.717) is 49.8 Å². The van der Waals surface area contributed by atoms with Gasteiger partial charge >= 0.3 is 0 Å². The van der Waals surface area contributed by atoms with Crippen LogP contribution in [0.1, 0.15) is 16.8 Å². The molecule has 2 aliphatic heterocycles. The van der Waals surface area contributed by atoms with Crippen molar-refractivity contribution >= 4 is 15.9 Å². The zero-order chi connectivity index (χ0) is 15.7. The maximum Gasteiger partial charge on any atom is 0.254 e. The van der Waals surface area contributed by atoms with Crippen molar-refractivity contribution in [1.82, 2.24) is 4.90 Å². The number of ether oxygens (including phenoxy) is 2. The molecule has 7 nitrogen and oxygen atoms in total. The molecule has 1 fully saturated rings. The fraction of sp³-hybridized carbons (Fsp3) is 0.500. The number of hydrogen-bond acceptors (Lipinski definition) is 5. The summed E-state index contributed by atoms with van der Waals surface area (Å²) in [6, 6.07) is 5.09. The topological polar surface area (TPSA) is 98.9 Å². The standard InChI is InChI=1S/C14H18N2O5S/c15-22(18,19)9-10-3-4-16(8-10)14(17)11-1-2-12-13(7-11)21-6-5-20-12/h1-2,7,10H,3-6,8-9H2,(H2,15,18,19). The first-order chi connectivity index (χ1) is 10.4. The average Bonchev–Trinajstić information content (AvgIpc) is 2.92. The van der Waals surface area contributed by atoms with Gasteiger partial charge in [-0.3, -0.25) is 4.79 Å². The molecule has 2 N–H and O–H groups in total. The van der Waals surface area contributed by atoms with Gasteiger partial charge in [0.2, 0.25) is 10.0 Å². The number of hydrogen-bond donors (Lipinski definition) is 1. The lowest BCUT2D eigenvalue weighted by Crippen LogP contribution is -2.31. The number of likely N-dealkylation sites (tertiary alicyclic amines) is 1. The smallest absolute Gasteiger partial charge is 0.254 e. The first kappa shape index (κ1) is 15.1. The summed E-state index contributed by atoms with van der Waals surface area (Å²) in [5.41, 5.74) is 0.514. The molecule has 2 heterocycles. The number of fused-ring (bicyclic) bond motifs is 1. The average molecular weight is 326 g/mol. The summed E-state index contributed by atoms with van der Waals surface area (Å²) in [6.45, 7) is 1.91. The minimum atomic E-state index is -3.51. The zero-order valence-electron chi connectivity index (χ0n) is 12.0. The fourth-order valence-electron chi connectivity index (χ4n) is 2.84. The van der Waals surface area contributed by atoms with Crippen molar-refractivity contribution in [2.45, 2.75) is 6.42 Å². The van der Waals surface area contributed by atoms with E-state index in [1.807, 2.05) is 0 Å². The number of primary sulfonamides is 1. The number of nitrogens with two attached hydrogens (primary N) is 1. The van der Waals surface area contributed by atoms with Gasteiger partial charge in [0.15, 0.2) is 11.5 Å². The molecule has 1 aromatic rings. The van der Waals surface area contributed by atoms with Gasteiger partial charge < -0.3 is 14.4 Å². The first-order valence-electron chi connectivity index (χ1n) is 7.12. The van der Waals surface area contributed by atoms with E-state index in [0.717, 1.165) is 0 Å². The Morgan fingerprint density at radius 1 is 1.27 bits per heavy atom. The normalized spacial score (nSPS) is 21.0. The third-order valence-electron chi connectivity index (χ3n) is 3.83. The molecule has 0 spiro atoms. The molecule has 1 unspecified atom stereocenters. The summed E-state index contributed by atoms with van der Waals surface area (Å²) < 4.78 is 33.2. The Balaban J connectivity index is 1.70. The van der Waals surface area contributed by atoms with Crippen LogP contribution >= 0.6 is 0 Å². The van der Waals surface area contributed by atoms with Crippen LogP contribution in [0, 0.1) is 5.92 Å². The number of amides is 1. The highest BCUT2D eigenvalue weighted by molar-refractivity contribution is 7.89. The van der Waals surface area contributed by atoms with E-state index in [4.69, 9.17) is 14.6 Å². The van der Waals surface area contributed by atoms with Gasteiger partial charge in [-0.25, -0.2) is 13.6 Å². The first-order valence-corrected chi connectivity index (χ1v) is 8.83. The predicted molar refractivity (Wildman–Crippen MR) is 79.4 cm³/mol. The van der Waals surface area contributed by atoms with E-state index in [1.165, 1.54) is 0 Å². The maximum atomic E-state index is 12.5. The number of nitrogens with zero attached hydrogens (tertiary/aromatic N) is 1. The van der Waals surface area contributed by atoms with Gasteiger partial charge in [-0.2, -0.15) is 0 Å². The Kier molecular flexibility index (Phi) is 3.96. The van der Waals surface area contributed by atoms with Crippen LogP contribution < -0.4 is 14.6 Å². The van der Waals surface area contributed by atoms with Crippen molar-refractivity contribution in [3.63, 3.8) is 0 Å². The molecule has 120 valence electrons. The molecule has 1 amide bonds. The zero-order valence-corrected chi connectivity index (χ0v) is 12.8. The third kappa shape index (κ3) is 3.33. The lowest BCUT2D eigenvalue weighted by Gasteiger charge is -2.20. The van der Waals surface area contributed by atoms with Crippen LogP contribution in [0.15, 0.2) is 18.2 Å². The van der Waals surface area contributed by atoms with Crippen LogP contribution in [-0.4, -0.2) is 51.3 Å². The molecule has 1 saturated heterocycles. The van der Waals surface area contributed by atoms with Gasteiger partial charge in [0.05, 0.1) is 5.75 Å². The van der Waals surface area contributed by atoms with Crippen LogP contribution in [0.5, 0.6) is 11.5 Å². The monoisotopic (exact) mass is 326 g/mol. The second kappa shape index (κ2) is 5.77. The van der Waals surface area contributed by atoms with Crippen molar-refractivity contribution in [3.05, 3.63) is 23.8 Å². The number of sulfonamides is 1. The van der Waals surface area contributed by atoms with E-state index >= 15 is 0 Å². The second-order valence-electron chi connectivity index (χ2n) is 5.59. The van der Waals surface area contributed by atoms with Crippen LogP contribution in [0.3, 0.4) is 0 Å². The molecule has 0 aromatic heterocycles. The summed E-state index contributed by atoms with van der Waals surface area (Å²) in [6.07, 6.45) is 0.646. The Morgan fingerprint density at radius 2 is 2.00 bits per heavy atom. The third-order valence-corrected chi connectivity index (χ3v) is 4.77. The number of carbonyl (C=O) groups is 1. The summed E-state index contributed by atoms with van der Waals surface area (Å²) in [4.78, 5) is 14.1. The largest absolute Gasteiger partial charge is 0.486 e. The molecule has 1 aromatic carbocycles. The highest BCUT2D eigenvalue weighted by Gasteiger charge is 2.29. The minimum Gasteiger partial charge on any atom is -0.486 e. The van der Waals surface area contributed by atoms with Crippen molar-refractivity contribution < 1.29 is 22.7 Å². The SMILES string of the molecule is NS(=O)(=O)CC1CCN(C(=O)c2ccc3c(c2)OCCO3)C1. The molecule has 8 heteroatoms. The quantitative estimate of drug-likeness (QED) is 0.856. The molecular formula is C14H18N2O5S. The van der Waals surface area contributed by atoms with Crippen molar-refractivity contribution in [3.8, 4) is 11.5 Å². The molecule has 0 aliphatic carbocycles. The number of rotatable bonds is 3. The summed E-state index contributed by atoms with van der Waals surface area (Å²) >= 11 is 0. The van der Waals surface area contributed by atoms with Gasteiger partial charge in [-0.15, -0.1) is 0 Å². The van der Waals surface area contributed by atoms with Gasteiger partial charge in [-0.05, 0) is 30.5 Å². The molecule has 1 atom stereocenters. The molecule has 0 saturated carbocycles. The Bertz CT molecular complexity index is 688. The maximum absolute atomic E-state index is 12.5. The number of carbonyl (C=O) groups excluding carboxylic acids is 1. The molecule has 0 bridgehead atoms. The van der Waals surface area contributed by atoms with E-state index in [2.05, 4.69) is 0 Å². The summed E-state index contributed by atoms with van der Waals surface area (Å²) in [7, 11) is -3.51.